The van der Waals surface area contributed by atoms with Crippen molar-refractivity contribution in [2.45, 2.75) is 11.8 Å². The molecular formula is C11H10ClN5O3S. The molecule has 0 spiro atoms. The Balaban J connectivity index is 2.14. The van der Waals surface area contributed by atoms with Crippen LogP contribution in [0.15, 0.2) is 35.4 Å². The standard InChI is InChI=1S/C11H10ClN5O3S/c1-7-6-13-16-10(14-7)15-11(18)17-21(19,20)9-5-3-2-4-8(9)12/h2-6H,1H3,(H2,14,15,16,17,18). The van der Waals surface area contributed by atoms with E-state index in [4.69, 9.17) is 11.6 Å². The SMILES string of the molecule is Cc1cnnc(NC(=O)NS(=O)(=O)c2ccccc2Cl)n1. The van der Waals surface area contributed by atoms with Crippen molar-refractivity contribution in [1.82, 2.24) is 19.9 Å². The van der Waals surface area contributed by atoms with Crippen LogP contribution in [-0.2, 0) is 10.0 Å². The molecule has 0 aliphatic rings. The highest BCUT2D eigenvalue weighted by Gasteiger charge is 2.20. The van der Waals surface area contributed by atoms with E-state index < -0.39 is 16.1 Å². The maximum atomic E-state index is 12.0. The fraction of sp³-hybridized carbons (Fsp3) is 0.0909. The van der Waals surface area contributed by atoms with Crippen LogP contribution >= 0.6 is 11.6 Å². The molecule has 10 heteroatoms. The quantitative estimate of drug-likeness (QED) is 0.879. The summed E-state index contributed by atoms with van der Waals surface area (Å²) in [5.74, 6) is -0.109. The molecule has 1 heterocycles. The molecule has 2 aromatic rings. The summed E-state index contributed by atoms with van der Waals surface area (Å²) in [6.07, 6.45) is 1.39. The van der Waals surface area contributed by atoms with Gasteiger partial charge in [-0.2, -0.15) is 5.10 Å². The number of hydrogen-bond acceptors (Lipinski definition) is 6. The van der Waals surface area contributed by atoms with E-state index in [1.165, 1.54) is 24.4 Å². The molecule has 0 saturated heterocycles. The molecule has 0 saturated carbocycles. The molecule has 1 aromatic carbocycles. The van der Waals surface area contributed by atoms with E-state index in [0.29, 0.717) is 5.69 Å². The number of amides is 2. The van der Waals surface area contributed by atoms with Crippen LogP contribution in [0.2, 0.25) is 5.02 Å². The first-order valence-electron chi connectivity index (χ1n) is 5.63. The summed E-state index contributed by atoms with van der Waals surface area (Å²) in [6.45, 7) is 1.65. The van der Waals surface area contributed by atoms with Gasteiger partial charge in [-0.3, -0.25) is 5.32 Å². The lowest BCUT2D eigenvalue weighted by Crippen LogP contribution is -2.35. The number of nitrogens with one attached hydrogen (secondary N) is 2. The van der Waals surface area contributed by atoms with Crippen molar-refractivity contribution < 1.29 is 13.2 Å². The molecular weight excluding hydrogens is 318 g/mol. The predicted molar refractivity (Wildman–Crippen MR) is 75.4 cm³/mol. The zero-order chi connectivity index (χ0) is 15.5. The highest BCUT2D eigenvalue weighted by atomic mass is 35.5. The zero-order valence-corrected chi connectivity index (χ0v) is 12.3. The number of aromatic nitrogens is 3. The summed E-state index contributed by atoms with van der Waals surface area (Å²) in [7, 11) is -4.09. The lowest BCUT2D eigenvalue weighted by molar-refractivity contribution is 0.256. The van der Waals surface area contributed by atoms with Gasteiger partial charge in [0.1, 0.15) is 4.90 Å². The molecule has 0 aliphatic heterocycles. The number of carbonyl (C=O) groups is 1. The van der Waals surface area contributed by atoms with Crippen LogP contribution in [0, 0.1) is 6.92 Å². The van der Waals surface area contributed by atoms with Gasteiger partial charge in [0.05, 0.1) is 16.9 Å². The first-order chi connectivity index (χ1) is 9.88. The Morgan fingerprint density at radius 3 is 2.67 bits per heavy atom. The topological polar surface area (TPSA) is 114 Å². The molecule has 2 N–H and O–H groups in total. The van der Waals surface area contributed by atoms with E-state index in [1.54, 1.807) is 13.0 Å². The van der Waals surface area contributed by atoms with Crippen molar-refractivity contribution in [2.24, 2.45) is 0 Å². The minimum absolute atomic E-state index is 0.00581. The van der Waals surface area contributed by atoms with Gasteiger partial charge in [0.25, 0.3) is 16.0 Å². The molecule has 0 atom stereocenters. The number of anilines is 1. The number of rotatable bonds is 3. The van der Waals surface area contributed by atoms with Crippen LogP contribution in [0.3, 0.4) is 0 Å². The van der Waals surface area contributed by atoms with E-state index in [-0.39, 0.29) is 15.9 Å². The molecule has 2 rings (SSSR count). The minimum Gasteiger partial charge on any atom is -0.274 e. The third-order valence-corrected chi connectivity index (χ3v) is 4.09. The number of benzene rings is 1. The van der Waals surface area contributed by atoms with Crippen LogP contribution in [-0.4, -0.2) is 29.6 Å². The monoisotopic (exact) mass is 327 g/mol. The average Bonchev–Trinajstić information content (AvgIpc) is 2.38. The number of nitrogens with zero attached hydrogens (tertiary/aromatic N) is 3. The molecule has 110 valence electrons. The molecule has 8 nitrogen and oxygen atoms in total. The first-order valence-corrected chi connectivity index (χ1v) is 7.49. The maximum Gasteiger partial charge on any atom is 0.335 e. The Bertz CT molecular complexity index is 781. The van der Waals surface area contributed by atoms with E-state index in [2.05, 4.69) is 20.5 Å². The van der Waals surface area contributed by atoms with Crippen molar-refractivity contribution in [3.63, 3.8) is 0 Å². The second-order valence-corrected chi connectivity index (χ2v) is 5.97. The molecule has 0 bridgehead atoms. The van der Waals surface area contributed by atoms with E-state index >= 15 is 0 Å². The zero-order valence-electron chi connectivity index (χ0n) is 10.7. The Morgan fingerprint density at radius 1 is 1.29 bits per heavy atom. The molecule has 2 amide bonds. The first kappa shape index (κ1) is 15.1. The van der Waals surface area contributed by atoms with Gasteiger partial charge in [-0.1, -0.05) is 23.7 Å². The van der Waals surface area contributed by atoms with Gasteiger partial charge in [-0.15, -0.1) is 5.10 Å². The Labute approximate surface area is 125 Å². The van der Waals surface area contributed by atoms with Gasteiger partial charge in [-0.25, -0.2) is 22.9 Å². The number of halogens is 1. The van der Waals surface area contributed by atoms with Gasteiger partial charge in [0.15, 0.2) is 0 Å². The lowest BCUT2D eigenvalue weighted by atomic mass is 10.4. The van der Waals surface area contributed by atoms with Gasteiger partial charge in [0, 0.05) is 0 Å². The van der Waals surface area contributed by atoms with Crippen LogP contribution in [0.4, 0.5) is 10.7 Å². The van der Waals surface area contributed by atoms with Gasteiger partial charge in [-0.05, 0) is 19.1 Å². The maximum absolute atomic E-state index is 12.0. The van der Waals surface area contributed by atoms with Gasteiger partial charge >= 0.3 is 6.03 Å². The molecule has 0 fully saturated rings. The number of carbonyl (C=O) groups excluding carboxylic acids is 1. The van der Waals surface area contributed by atoms with Gasteiger partial charge < -0.3 is 0 Å². The lowest BCUT2D eigenvalue weighted by Gasteiger charge is -2.08. The van der Waals surface area contributed by atoms with Crippen LogP contribution in [0.5, 0.6) is 0 Å². The van der Waals surface area contributed by atoms with Crippen molar-refractivity contribution in [1.29, 1.82) is 0 Å². The number of hydrogen-bond donors (Lipinski definition) is 2. The summed E-state index contributed by atoms with van der Waals surface area (Å²) in [6, 6.07) is 4.74. The fourth-order valence-electron chi connectivity index (χ4n) is 1.41. The number of aryl methyl sites for hydroxylation is 1. The molecule has 1 aromatic heterocycles. The fourth-order valence-corrected chi connectivity index (χ4v) is 2.83. The van der Waals surface area contributed by atoms with Crippen molar-refractivity contribution in [2.75, 3.05) is 5.32 Å². The van der Waals surface area contributed by atoms with Gasteiger partial charge in [0.2, 0.25) is 0 Å². The largest absolute Gasteiger partial charge is 0.335 e. The third-order valence-electron chi connectivity index (χ3n) is 2.26. The Morgan fingerprint density at radius 2 is 2.00 bits per heavy atom. The summed E-state index contributed by atoms with van der Waals surface area (Å²) in [4.78, 5) is 15.3. The third kappa shape index (κ3) is 3.86. The van der Waals surface area contributed by atoms with Crippen molar-refractivity contribution in [3.05, 3.63) is 41.2 Å². The van der Waals surface area contributed by atoms with Crippen LogP contribution in [0.25, 0.3) is 0 Å². The smallest absolute Gasteiger partial charge is 0.274 e. The normalized spacial score (nSPS) is 11.0. The predicted octanol–water partition coefficient (Wildman–Crippen LogP) is 1.34. The van der Waals surface area contributed by atoms with Crippen LogP contribution in [0.1, 0.15) is 5.69 Å². The highest BCUT2D eigenvalue weighted by molar-refractivity contribution is 7.90. The molecule has 0 aliphatic carbocycles. The van der Waals surface area contributed by atoms with Crippen molar-refractivity contribution in [3.8, 4) is 0 Å². The van der Waals surface area contributed by atoms with E-state index in [0.717, 1.165) is 0 Å². The minimum atomic E-state index is -4.09. The van der Waals surface area contributed by atoms with Crippen LogP contribution < -0.4 is 10.0 Å². The molecule has 0 unspecified atom stereocenters. The Hall–Kier alpha value is -2.26. The number of sulfonamides is 1. The second-order valence-electron chi connectivity index (χ2n) is 3.91. The van der Waals surface area contributed by atoms with Crippen molar-refractivity contribution >= 4 is 33.6 Å². The summed E-state index contributed by atoms with van der Waals surface area (Å²) in [5.41, 5.74) is 0.522. The van der Waals surface area contributed by atoms with E-state index in [9.17, 15) is 13.2 Å². The molecule has 21 heavy (non-hydrogen) atoms. The Kier molecular flexibility index (Phi) is 4.34. The highest BCUT2D eigenvalue weighted by Crippen LogP contribution is 2.20. The second kappa shape index (κ2) is 6.02. The summed E-state index contributed by atoms with van der Waals surface area (Å²) < 4.78 is 25.8. The molecule has 0 radical (unpaired) electrons. The number of urea groups is 1. The van der Waals surface area contributed by atoms with E-state index in [1.807, 2.05) is 4.72 Å². The summed E-state index contributed by atoms with van der Waals surface area (Å²) >= 11 is 5.79. The summed E-state index contributed by atoms with van der Waals surface area (Å²) in [5, 5.41) is 9.30. The average molecular weight is 328 g/mol.